The van der Waals surface area contributed by atoms with Crippen molar-refractivity contribution >= 4 is 43.9 Å². The number of hydrogen-bond acceptors (Lipinski definition) is 3. The van der Waals surface area contributed by atoms with Gasteiger partial charge < -0.3 is 4.42 Å². The molecule has 4 heterocycles. The van der Waals surface area contributed by atoms with Crippen LogP contribution in [-0.2, 0) is 5.41 Å². The molecule has 0 N–H and O–H groups in total. The van der Waals surface area contributed by atoms with Crippen LogP contribution in [0.4, 0.5) is 0 Å². The Kier molecular flexibility index (Phi) is 5.31. The van der Waals surface area contributed by atoms with Crippen molar-refractivity contribution in [1.82, 2.24) is 14.5 Å². The topological polar surface area (TPSA) is 43.9 Å². The van der Waals surface area contributed by atoms with Gasteiger partial charge in [-0.1, -0.05) is 135 Å². The summed E-state index contributed by atoms with van der Waals surface area (Å²) in [6, 6.07) is 49.1. The summed E-state index contributed by atoms with van der Waals surface area (Å²) in [5.41, 5.74) is 12.8. The molecule has 0 atom stereocenters. The number of nitrogens with zero attached hydrogens (tertiary/aromatic N) is 3. The van der Waals surface area contributed by atoms with E-state index in [1.807, 2.05) is 30.3 Å². The third-order valence-corrected chi connectivity index (χ3v) is 10.00. The van der Waals surface area contributed by atoms with Crippen LogP contribution in [0.1, 0.15) is 25.0 Å². The highest BCUT2D eigenvalue weighted by molar-refractivity contribution is 6.21. The summed E-state index contributed by atoms with van der Waals surface area (Å²) < 4.78 is 9.09. The first-order valence-electron chi connectivity index (χ1n) is 16.1. The molecule has 1 aliphatic heterocycles. The summed E-state index contributed by atoms with van der Waals surface area (Å²) in [7, 11) is 0. The second-order valence-corrected chi connectivity index (χ2v) is 13.0. The van der Waals surface area contributed by atoms with E-state index in [2.05, 4.69) is 128 Å². The lowest BCUT2D eigenvalue weighted by molar-refractivity contribution is 0.612. The maximum absolute atomic E-state index is 6.71. The molecule has 0 bridgehead atoms. The normalized spacial score (nSPS) is 13.5. The lowest BCUT2D eigenvalue weighted by Crippen LogP contribution is -2.26. The van der Waals surface area contributed by atoms with Crippen molar-refractivity contribution in [2.75, 3.05) is 0 Å². The minimum absolute atomic E-state index is 0.211. The SMILES string of the molecule is CC1(C)c2cccc(-c3cccc(-c4nc(-c5ccccc5)nc5ccccc45)c3)c2-n2c3oc4ccccc4c3c3cccc1c32. The van der Waals surface area contributed by atoms with Crippen LogP contribution in [0.15, 0.2) is 144 Å². The van der Waals surface area contributed by atoms with Crippen LogP contribution in [0.25, 0.3) is 83.3 Å². The second-order valence-electron chi connectivity index (χ2n) is 13.0. The van der Waals surface area contributed by atoms with Crippen LogP contribution >= 0.6 is 0 Å². The van der Waals surface area contributed by atoms with Crippen molar-refractivity contribution < 1.29 is 4.42 Å². The zero-order valence-corrected chi connectivity index (χ0v) is 26.0. The monoisotopic (exact) mass is 603 g/mol. The fourth-order valence-electron chi connectivity index (χ4n) is 7.77. The van der Waals surface area contributed by atoms with E-state index in [1.54, 1.807) is 0 Å². The van der Waals surface area contributed by atoms with Crippen molar-refractivity contribution in [3.8, 4) is 39.5 Å². The molecule has 6 aromatic carbocycles. The van der Waals surface area contributed by atoms with Crippen molar-refractivity contribution in [2.45, 2.75) is 19.3 Å². The van der Waals surface area contributed by atoms with Gasteiger partial charge in [0.25, 0.3) is 0 Å². The van der Waals surface area contributed by atoms with Crippen LogP contribution in [-0.4, -0.2) is 14.5 Å². The van der Waals surface area contributed by atoms with Crippen LogP contribution in [0, 0.1) is 0 Å². The molecular formula is C43H29N3O. The Morgan fingerprint density at radius 2 is 1.26 bits per heavy atom. The zero-order chi connectivity index (χ0) is 31.3. The Labute approximate surface area is 271 Å². The van der Waals surface area contributed by atoms with Gasteiger partial charge in [-0.2, -0.15) is 0 Å². The second kappa shape index (κ2) is 9.51. The Morgan fingerprint density at radius 3 is 2.15 bits per heavy atom. The molecule has 0 spiro atoms. The first-order valence-corrected chi connectivity index (χ1v) is 16.1. The highest BCUT2D eigenvalue weighted by Crippen LogP contribution is 2.51. The average Bonchev–Trinajstić information content (AvgIpc) is 3.65. The molecule has 4 heteroatoms. The number of benzene rings is 6. The lowest BCUT2D eigenvalue weighted by Gasteiger charge is -2.35. The van der Waals surface area contributed by atoms with Gasteiger partial charge >= 0.3 is 0 Å². The Hall–Kier alpha value is -6.00. The van der Waals surface area contributed by atoms with Gasteiger partial charge in [-0.3, -0.25) is 4.57 Å². The third-order valence-electron chi connectivity index (χ3n) is 10.00. The number of aromatic nitrogens is 3. The van der Waals surface area contributed by atoms with Crippen molar-refractivity contribution in [3.63, 3.8) is 0 Å². The molecule has 0 amide bonds. The summed E-state index contributed by atoms with van der Waals surface area (Å²) >= 11 is 0. The lowest BCUT2D eigenvalue weighted by atomic mass is 9.73. The molecule has 1 aliphatic rings. The summed E-state index contributed by atoms with van der Waals surface area (Å²) in [5, 5.41) is 4.58. The number of para-hydroxylation sites is 4. The summed E-state index contributed by atoms with van der Waals surface area (Å²) in [6.07, 6.45) is 0. The maximum atomic E-state index is 6.71. The Bertz CT molecular complexity index is 2710. The molecule has 0 aliphatic carbocycles. The Balaban J connectivity index is 1.25. The number of fused-ring (bicyclic) bond motifs is 8. The van der Waals surface area contributed by atoms with Gasteiger partial charge in [0, 0.05) is 38.3 Å². The quantitative estimate of drug-likeness (QED) is 0.202. The zero-order valence-electron chi connectivity index (χ0n) is 26.0. The van der Waals surface area contributed by atoms with Gasteiger partial charge in [-0.05, 0) is 34.9 Å². The summed E-state index contributed by atoms with van der Waals surface area (Å²) in [6.45, 7) is 4.69. The minimum Gasteiger partial charge on any atom is -0.439 e. The number of hydrogen-bond donors (Lipinski definition) is 0. The largest absolute Gasteiger partial charge is 0.439 e. The van der Waals surface area contributed by atoms with Gasteiger partial charge in [0.05, 0.1) is 27.8 Å². The van der Waals surface area contributed by atoms with E-state index in [9.17, 15) is 0 Å². The standard InChI is InChI=1S/C43H29N3O/c1-43(2)33-21-11-19-29(39(33)46-40-32(20-12-22-34(40)43)37-31-18-7-9-24-36(31)47-42(37)46)27-15-10-16-28(25-27)38-30-17-6-8-23-35(30)44-41(45-38)26-13-4-3-5-14-26/h3-25H,1-2H3. The van der Waals surface area contributed by atoms with Crippen LogP contribution < -0.4 is 0 Å². The van der Waals surface area contributed by atoms with Crippen molar-refractivity contribution in [3.05, 3.63) is 151 Å². The summed E-state index contributed by atoms with van der Waals surface area (Å²) in [4.78, 5) is 10.1. The van der Waals surface area contributed by atoms with E-state index < -0.39 is 0 Å². The molecule has 9 aromatic rings. The predicted molar refractivity (Wildman–Crippen MR) is 192 cm³/mol. The smallest absolute Gasteiger partial charge is 0.213 e. The highest BCUT2D eigenvalue weighted by Gasteiger charge is 2.37. The van der Waals surface area contributed by atoms with Crippen molar-refractivity contribution in [1.29, 1.82) is 0 Å². The molecule has 47 heavy (non-hydrogen) atoms. The molecule has 222 valence electrons. The van der Waals surface area contributed by atoms with E-state index in [0.29, 0.717) is 0 Å². The van der Waals surface area contributed by atoms with Gasteiger partial charge in [-0.15, -0.1) is 0 Å². The first-order chi connectivity index (χ1) is 23.1. The molecule has 0 saturated heterocycles. The van der Waals surface area contributed by atoms with Crippen LogP contribution in [0.2, 0.25) is 0 Å². The van der Waals surface area contributed by atoms with E-state index >= 15 is 0 Å². The van der Waals surface area contributed by atoms with Crippen LogP contribution in [0.3, 0.4) is 0 Å². The number of rotatable bonds is 3. The van der Waals surface area contributed by atoms with E-state index in [4.69, 9.17) is 14.4 Å². The predicted octanol–water partition coefficient (Wildman–Crippen LogP) is 11.1. The van der Waals surface area contributed by atoms with Gasteiger partial charge in [0.2, 0.25) is 5.71 Å². The van der Waals surface area contributed by atoms with Gasteiger partial charge in [0.15, 0.2) is 5.82 Å². The van der Waals surface area contributed by atoms with Gasteiger partial charge in [-0.25, -0.2) is 9.97 Å². The Morgan fingerprint density at radius 1 is 0.574 bits per heavy atom. The third kappa shape index (κ3) is 3.64. The van der Waals surface area contributed by atoms with E-state index in [1.165, 1.54) is 33.1 Å². The van der Waals surface area contributed by atoms with E-state index in [-0.39, 0.29) is 5.41 Å². The molecule has 0 radical (unpaired) electrons. The fourth-order valence-corrected chi connectivity index (χ4v) is 7.77. The molecular weight excluding hydrogens is 574 g/mol. The maximum Gasteiger partial charge on any atom is 0.213 e. The first kappa shape index (κ1) is 26.2. The van der Waals surface area contributed by atoms with Crippen molar-refractivity contribution in [2.24, 2.45) is 0 Å². The molecule has 0 unspecified atom stereocenters. The van der Waals surface area contributed by atoms with Crippen LogP contribution in [0.5, 0.6) is 0 Å². The molecule has 0 saturated carbocycles. The number of furan rings is 1. The average molecular weight is 604 g/mol. The molecule has 3 aromatic heterocycles. The minimum atomic E-state index is -0.211. The van der Waals surface area contributed by atoms with E-state index in [0.717, 1.165) is 61.4 Å². The molecule has 10 rings (SSSR count). The fraction of sp³-hybridized carbons (Fsp3) is 0.0698. The summed E-state index contributed by atoms with van der Waals surface area (Å²) in [5.74, 6) is 0.724. The van der Waals surface area contributed by atoms with Gasteiger partial charge in [0.1, 0.15) is 5.58 Å². The molecule has 4 nitrogen and oxygen atoms in total. The molecule has 0 fully saturated rings. The highest BCUT2D eigenvalue weighted by atomic mass is 16.3.